The third kappa shape index (κ3) is 3.53. The van der Waals surface area contributed by atoms with Gasteiger partial charge in [0.2, 0.25) is 5.95 Å². The van der Waals surface area contributed by atoms with Crippen LogP contribution in [0.25, 0.3) is 0 Å². The molecular weight excluding hydrogens is 316 g/mol. The van der Waals surface area contributed by atoms with E-state index in [0.717, 1.165) is 0 Å². The summed E-state index contributed by atoms with van der Waals surface area (Å²) in [4.78, 5) is 7.67. The van der Waals surface area contributed by atoms with Crippen LogP contribution in [0.15, 0.2) is 35.5 Å². The van der Waals surface area contributed by atoms with Crippen molar-refractivity contribution in [2.24, 2.45) is 0 Å². The molecule has 2 rings (SSSR count). The van der Waals surface area contributed by atoms with Crippen molar-refractivity contribution in [2.45, 2.75) is 4.90 Å². The van der Waals surface area contributed by atoms with E-state index < -0.39 is 10.0 Å². The predicted octanol–water partition coefficient (Wildman–Crippen LogP) is 1.98. The first kappa shape index (κ1) is 15.3. The predicted molar refractivity (Wildman–Crippen MR) is 80.4 cm³/mol. The van der Waals surface area contributed by atoms with Gasteiger partial charge in [-0.05, 0) is 18.2 Å². The summed E-state index contributed by atoms with van der Waals surface area (Å²) < 4.78 is 32.0. The fourth-order valence-corrected chi connectivity index (χ4v) is 2.67. The third-order valence-corrected chi connectivity index (χ3v) is 4.12. The fraction of sp³-hybridized carbons (Fsp3) is 0.167. The zero-order valence-electron chi connectivity index (χ0n) is 11.3. The molecule has 0 spiro atoms. The van der Waals surface area contributed by atoms with Crippen LogP contribution in [-0.2, 0) is 10.0 Å². The lowest BCUT2D eigenvalue weighted by Crippen LogP contribution is -2.14. The summed E-state index contributed by atoms with van der Waals surface area (Å²) >= 11 is 5.86. The molecule has 0 aliphatic heterocycles. The SMILES string of the molecule is CNc1ncc(S(=O)(=O)Nc2cc(Cl)ccc2OC)cn1. The molecule has 7 nitrogen and oxygen atoms in total. The van der Waals surface area contributed by atoms with Crippen LogP contribution >= 0.6 is 11.6 Å². The molecular formula is C12H13ClN4O3S. The van der Waals surface area contributed by atoms with Crippen molar-refractivity contribution in [3.05, 3.63) is 35.6 Å². The number of nitrogens with one attached hydrogen (secondary N) is 2. The zero-order chi connectivity index (χ0) is 15.5. The summed E-state index contributed by atoms with van der Waals surface area (Å²) in [5, 5.41) is 3.09. The van der Waals surface area contributed by atoms with Crippen LogP contribution in [0.4, 0.5) is 11.6 Å². The van der Waals surface area contributed by atoms with Gasteiger partial charge in [0.15, 0.2) is 0 Å². The Morgan fingerprint density at radius 2 is 1.90 bits per heavy atom. The number of aromatic nitrogens is 2. The first-order valence-electron chi connectivity index (χ1n) is 5.82. The summed E-state index contributed by atoms with van der Waals surface area (Å²) in [6.07, 6.45) is 2.41. The van der Waals surface area contributed by atoms with Crippen molar-refractivity contribution in [3.63, 3.8) is 0 Å². The van der Waals surface area contributed by atoms with Gasteiger partial charge in [0.05, 0.1) is 25.2 Å². The molecule has 2 N–H and O–H groups in total. The van der Waals surface area contributed by atoms with E-state index in [-0.39, 0.29) is 10.6 Å². The molecule has 1 aromatic carbocycles. The minimum absolute atomic E-state index is 0.0662. The molecule has 112 valence electrons. The Hall–Kier alpha value is -2.06. The maximum Gasteiger partial charge on any atom is 0.265 e. The van der Waals surface area contributed by atoms with Crippen molar-refractivity contribution in [2.75, 3.05) is 24.2 Å². The number of sulfonamides is 1. The maximum absolute atomic E-state index is 12.3. The smallest absolute Gasteiger partial charge is 0.265 e. The van der Waals surface area contributed by atoms with E-state index in [0.29, 0.717) is 16.7 Å². The van der Waals surface area contributed by atoms with Crippen LogP contribution in [0, 0.1) is 0 Å². The number of nitrogens with zero attached hydrogens (tertiary/aromatic N) is 2. The van der Waals surface area contributed by atoms with Gasteiger partial charge >= 0.3 is 0 Å². The fourth-order valence-electron chi connectivity index (χ4n) is 1.55. The molecule has 0 aliphatic rings. The lowest BCUT2D eigenvalue weighted by molar-refractivity contribution is 0.417. The van der Waals surface area contributed by atoms with E-state index in [2.05, 4.69) is 20.0 Å². The Labute approximate surface area is 127 Å². The largest absolute Gasteiger partial charge is 0.495 e. The minimum Gasteiger partial charge on any atom is -0.495 e. The van der Waals surface area contributed by atoms with Crippen molar-refractivity contribution in [3.8, 4) is 5.75 Å². The van der Waals surface area contributed by atoms with E-state index in [4.69, 9.17) is 16.3 Å². The first-order valence-corrected chi connectivity index (χ1v) is 7.68. The molecule has 0 bridgehead atoms. The molecule has 1 aromatic heterocycles. The highest BCUT2D eigenvalue weighted by Gasteiger charge is 2.18. The number of methoxy groups -OCH3 is 1. The Morgan fingerprint density at radius 1 is 1.24 bits per heavy atom. The molecule has 9 heteroatoms. The number of hydrogen-bond donors (Lipinski definition) is 2. The van der Waals surface area contributed by atoms with Gasteiger partial charge in [-0.1, -0.05) is 11.6 Å². The summed E-state index contributed by atoms with van der Waals surface area (Å²) in [5.41, 5.74) is 0.239. The average Bonchev–Trinajstić information content (AvgIpc) is 2.47. The molecule has 0 amide bonds. The quantitative estimate of drug-likeness (QED) is 0.871. The van der Waals surface area contributed by atoms with E-state index >= 15 is 0 Å². The average molecular weight is 329 g/mol. The molecule has 0 unspecified atom stereocenters. The second-order valence-corrected chi connectivity index (χ2v) is 6.06. The standard InChI is InChI=1S/C12H13ClN4O3S/c1-14-12-15-6-9(7-16-12)21(18,19)17-10-5-8(13)3-4-11(10)20-2/h3-7,17H,1-2H3,(H,14,15,16). The van der Waals surface area contributed by atoms with E-state index in [9.17, 15) is 8.42 Å². The van der Waals surface area contributed by atoms with E-state index in [1.807, 2.05) is 0 Å². The lowest BCUT2D eigenvalue weighted by Gasteiger charge is -2.12. The zero-order valence-corrected chi connectivity index (χ0v) is 12.9. The molecule has 0 radical (unpaired) electrons. The third-order valence-electron chi connectivity index (χ3n) is 2.57. The van der Waals surface area contributed by atoms with Crippen molar-refractivity contribution < 1.29 is 13.2 Å². The number of halogens is 1. The van der Waals surface area contributed by atoms with Gasteiger partial charge in [-0.15, -0.1) is 0 Å². The lowest BCUT2D eigenvalue weighted by atomic mass is 10.3. The number of benzene rings is 1. The highest BCUT2D eigenvalue weighted by atomic mass is 35.5. The van der Waals surface area contributed by atoms with Crippen LogP contribution in [-0.4, -0.2) is 32.5 Å². The van der Waals surface area contributed by atoms with Crippen LogP contribution in [0.2, 0.25) is 5.02 Å². The second kappa shape index (κ2) is 6.15. The van der Waals surface area contributed by atoms with Gasteiger partial charge in [0.1, 0.15) is 10.6 Å². The summed E-state index contributed by atoms with van der Waals surface area (Å²) in [5.74, 6) is 0.685. The number of anilines is 2. The molecule has 0 atom stereocenters. The molecule has 21 heavy (non-hydrogen) atoms. The Kier molecular flexibility index (Phi) is 4.49. The normalized spacial score (nSPS) is 11.0. The molecule has 0 saturated carbocycles. The molecule has 2 aromatic rings. The summed E-state index contributed by atoms with van der Waals surface area (Å²) in [6.45, 7) is 0. The van der Waals surface area contributed by atoms with Gasteiger partial charge in [-0.25, -0.2) is 18.4 Å². The first-order chi connectivity index (χ1) is 9.96. The van der Waals surface area contributed by atoms with Crippen LogP contribution in [0.3, 0.4) is 0 Å². The van der Waals surface area contributed by atoms with Gasteiger partial charge in [-0.3, -0.25) is 4.72 Å². The topological polar surface area (TPSA) is 93.2 Å². The van der Waals surface area contributed by atoms with Gasteiger partial charge in [-0.2, -0.15) is 0 Å². The molecule has 1 heterocycles. The van der Waals surface area contributed by atoms with Crippen LogP contribution in [0.1, 0.15) is 0 Å². The monoisotopic (exact) mass is 328 g/mol. The second-order valence-electron chi connectivity index (χ2n) is 3.94. The molecule has 0 aliphatic carbocycles. The van der Waals surface area contributed by atoms with Crippen molar-refractivity contribution in [1.29, 1.82) is 0 Å². The minimum atomic E-state index is -3.83. The molecule has 0 saturated heterocycles. The van der Waals surface area contributed by atoms with Crippen molar-refractivity contribution >= 4 is 33.3 Å². The highest BCUT2D eigenvalue weighted by Crippen LogP contribution is 2.29. The van der Waals surface area contributed by atoms with Gasteiger partial charge in [0, 0.05) is 12.1 Å². The summed E-state index contributed by atoms with van der Waals surface area (Å²) in [6, 6.07) is 4.63. The van der Waals surface area contributed by atoms with Crippen LogP contribution in [0.5, 0.6) is 5.75 Å². The van der Waals surface area contributed by atoms with Crippen LogP contribution < -0.4 is 14.8 Å². The van der Waals surface area contributed by atoms with Gasteiger partial charge in [0.25, 0.3) is 10.0 Å². The van der Waals surface area contributed by atoms with Crippen molar-refractivity contribution in [1.82, 2.24) is 9.97 Å². The Balaban J connectivity index is 2.34. The summed E-state index contributed by atoms with van der Waals surface area (Å²) in [7, 11) is -0.755. The highest BCUT2D eigenvalue weighted by molar-refractivity contribution is 7.92. The number of hydrogen-bond acceptors (Lipinski definition) is 6. The van der Waals surface area contributed by atoms with E-state index in [1.54, 1.807) is 19.2 Å². The molecule has 0 fully saturated rings. The number of ether oxygens (including phenoxy) is 1. The maximum atomic E-state index is 12.3. The van der Waals surface area contributed by atoms with Gasteiger partial charge < -0.3 is 10.1 Å². The van der Waals surface area contributed by atoms with E-state index in [1.165, 1.54) is 25.6 Å². The number of rotatable bonds is 5. The Morgan fingerprint density at radius 3 is 2.48 bits per heavy atom. The Bertz CT molecular complexity index is 735.